The summed E-state index contributed by atoms with van der Waals surface area (Å²) in [6, 6.07) is 1.07. The van der Waals surface area contributed by atoms with Crippen molar-refractivity contribution in [2.45, 2.75) is 19.4 Å². The van der Waals surface area contributed by atoms with Crippen LogP contribution in [0.25, 0.3) is 6.08 Å². The molecule has 24 heavy (non-hydrogen) atoms. The number of phenolic OH excluding ortho intramolecular Hbond substituents is 2. The van der Waals surface area contributed by atoms with Crippen LogP contribution in [0.3, 0.4) is 0 Å². The van der Waals surface area contributed by atoms with E-state index in [-0.39, 0.29) is 16.9 Å². The summed E-state index contributed by atoms with van der Waals surface area (Å²) >= 11 is 0. The molecule has 4 N–H and O–H groups in total. The number of carbonyl (C=O) groups is 3. The Morgan fingerprint density at radius 1 is 1.29 bits per heavy atom. The van der Waals surface area contributed by atoms with E-state index in [0.717, 1.165) is 12.1 Å². The zero-order valence-electron chi connectivity index (χ0n) is 12.9. The lowest BCUT2D eigenvalue weighted by Gasteiger charge is -2.23. The number of aromatic hydroxyl groups is 2. The van der Waals surface area contributed by atoms with Crippen LogP contribution in [0.2, 0.25) is 0 Å². The molecule has 0 fully saturated rings. The van der Waals surface area contributed by atoms with E-state index in [2.05, 4.69) is 5.32 Å². The Hall–Kier alpha value is -3.29. The molecule has 1 aromatic carbocycles. The molecular weight excluding hydrogens is 318 g/mol. The van der Waals surface area contributed by atoms with Crippen molar-refractivity contribution in [2.75, 3.05) is 0 Å². The van der Waals surface area contributed by atoms with Gasteiger partial charge in [-0.3, -0.25) is 4.79 Å². The van der Waals surface area contributed by atoms with Gasteiger partial charge in [0.2, 0.25) is 5.91 Å². The highest BCUT2D eigenvalue weighted by molar-refractivity contribution is 6.00. The lowest BCUT2D eigenvalue weighted by molar-refractivity contribution is -0.141. The van der Waals surface area contributed by atoms with E-state index in [4.69, 9.17) is 9.84 Å². The summed E-state index contributed by atoms with van der Waals surface area (Å²) in [5, 5.41) is 30.7. The van der Waals surface area contributed by atoms with Crippen LogP contribution in [0.15, 0.2) is 24.3 Å². The highest BCUT2D eigenvalue weighted by Gasteiger charge is 2.48. The summed E-state index contributed by atoms with van der Waals surface area (Å²) in [4.78, 5) is 34.6. The minimum Gasteiger partial charge on any atom is -0.504 e. The van der Waals surface area contributed by atoms with Gasteiger partial charge in [-0.05, 0) is 13.8 Å². The van der Waals surface area contributed by atoms with Gasteiger partial charge in [0.15, 0.2) is 17.0 Å². The molecule has 8 nitrogen and oxygen atoms in total. The number of carbonyl (C=O) groups excluding carboxylic acids is 2. The molecular formula is C16H15NO7. The first kappa shape index (κ1) is 17.1. The van der Waals surface area contributed by atoms with Gasteiger partial charge in [-0.25, -0.2) is 9.59 Å². The van der Waals surface area contributed by atoms with Gasteiger partial charge in [0, 0.05) is 29.3 Å². The zero-order valence-corrected chi connectivity index (χ0v) is 12.9. The van der Waals surface area contributed by atoms with Crippen LogP contribution in [-0.4, -0.2) is 33.2 Å². The van der Waals surface area contributed by atoms with Gasteiger partial charge in [-0.1, -0.05) is 12.2 Å². The van der Waals surface area contributed by atoms with Crippen molar-refractivity contribution in [1.29, 1.82) is 0 Å². The molecule has 0 saturated heterocycles. The van der Waals surface area contributed by atoms with E-state index in [9.17, 15) is 24.6 Å². The number of carboxylic acid groups (broad SMARTS) is 1. The summed E-state index contributed by atoms with van der Waals surface area (Å²) in [5.74, 6) is -3.92. The summed E-state index contributed by atoms with van der Waals surface area (Å²) in [6.07, 6.45) is 4.41. The maximum atomic E-state index is 12.2. The first-order valence-electron chi connectivity index (χ1n) is 6.88. The van der Waals surface area contributed by atoms with Gasteiger partial charge in [0.05, 0.1) is 0 Å². The molecule has 1 atom stereocenters. The van der Waals surface area contributed by atoms with E-state index < -0.39 is 34.9 Å². The second-order valence-corrected chi connectivity index (χ2v) is 5.21. The lowest BCUT2D eigenvalue weighted by atomic mass is 9.88. The zero-order chi connectivity index (χ0) is 18.1. The van der Waals surface area contributed by atoms with Crippen molar-refractivity contribution in [3.8, 4) is 17.2 Å². The number of hydrogen-bond acceptors (Lipinski definition) is 6. The fourth-order valence-corrected chi connectivity index (χ4v) is 2.43. The third kappa shape index (κ3) is 2.81. The number of fused-ring (bicyclic) bond motifs is 1. The maximum absolute atomic E-state index is 12.2. The number of allylic oxidation sites excluding steroid dienone is 1. The number of hydrogen-bond donors (Lipinski definition) is 4. The van der Waals surface area contributed by atoms with E-state index in [0.29, 0.717) is 6.08 Å². The maximum Gasteiger partial charge on any atom is 0.341 e. The monoisotopic (exact) mass is 333 g/mol. The molecule has 8 heteroatoms. The summed E-state index contributed by atoms with van der Waals surface area (Å²) in [7, 11) is 0. The van der Waals surface area contributed by atoms with Crippen molar-refractivity contribution in [3.05, 3.63) is 35.4 Å². The highest BCUT2D eigenvalue weighted by Crippen LogP contribution is 2.47. The molecule has 0 saturated carbocycles. The van der Waals surface area contributed by atoms with Gasteiger partial charge in [0.1, 0.15) is 5.75 Å². The normalized spacial score (nSPS) is 19.5. The average Bonchev–Trinajstić information content (AvgIpc) is 2.72. The van der Waals surface area contributed by atoms with Crippen molar-refractivity contribution in [3.63, 3.8) is 0 Å². The van der Waals surface area contributed by atoms with Gasteiger partial charge in [-0.15, -0.1) is 0 Å². The molecule has 1 heterocycles. The van der Waals surface area contributed by atoms with Crippen LogP contribution in [0, 0.1) is 0 Å². The second kappa shape index (κ2) is 6.07. The predicted molar refractivity (Wildman–Crippen MR) is 82.4 cm³/mol. The van der Waals surface area contributed by atoms with Crippen molar-refractivity contribution in [2.24, 2.45) is 0 Å². The Labute approximate surface area is 136 Å². The van der Waals surface area contributed by atoms with Crippen LogP contribution < -0.4 is 10.1 Å². The molecule has 126 valence electrons. The SMILES string of the molecule is C/C=C\c1c(O)c(O)cc2c1C(C)(NC(=O)/C=C/C(=O)O)C(=O)O2. The molecule has 2 rings (SSSR count). The summed E-state index contributed by atoms with van der Waals surface area (Å²) < 4.78 is 5.07. The fraction of sp³-hybridized carbons (Fsp3) is 0.188. The van der Waals surface area contributed by atoms with Crippen LogP contribution in [0.1, 0.15) is 25.0 Å². The Bertz CT molecular complexity index is 794. The van der Waals surface area contributed by atoms with Crippen molar-refractivity contribution in [1.82, 2.24) is 5.32 Å². The van der Waals surface area contributed by atoms with E-state index in [1.807, 2.05) is 0 Å². The van der Waals surface area contributed by atoms with Gasteiger partial charge >= 0.3 is 11.9 Å². The van der Waals surface area contributed by atoms with Gasteiger partial charge in [0.25, 0.3) is 0 Å². The molecule has 1 aliphatic heterocycles. The number of esters is 1. The third-order valence-electron chi connectivity index (χ3n) is 3.48. The molecule has 0 spiro atoms. The summed E-state index contributed by atoms with van der Waals surface area (Å²) in [6.45, 7) is 3.02. The minimum absolute atomic E-state index is 0.00610. The molecule has 1 aliphatic rings. The first-order chi connectivity index (χ1) is 11.2. The minimum atomic E-state index is -1.66. The van der Waals surface area contributed by atoms with Gasteiger partial charge < -0.3 is 25.4 Å². The van der Waals surface area contributed by atoms with Crippen LogP contribution in [0.4, 0.5) is 0 Å². The molecule has 1 unspecified atom stereocenters. The van der Waals surface area contributed by atoms with Crippen LogP contribution >= 0.6 is 0 Å². The Balaban J connectivity index is 2.56. The highest BCUT2D eigenvalue weighted by atomic mass is 16.5. The van der Waals surface area contributed by atoms with Crippen LogP contribution in [-0.2, 0) is 19.9 Å². The Kier molecular flexibility index (Phi) is 4.32. The third-order valence-corrected chi connectivity index (χ3v) is 3.48. The average molecular weight is 333 g/mol. The van der Waals surface area contributed by atoms with Gasteiger partial charge in [-0.2, -0.15) is 0 Å². The molecule has 0 aromatic heterocycles. The van der Waals surface area contributed by atoms with Crippen molar-refractivity contribution < 1.29 is 34.4 Å². The molecule has 1 aromatic rings. The Morgan fingerprint density at radius 3 is 2.54 bits per heavy atom. The van der Waals surface area contributed by atoms with E-state index in [1.165, 1.54) is 13.0 Å². The fourth-order valence-electron chi connectivity index (χ4n) is 2.43. The lowest BCUT2D eigenvalue weighted by Crippen LogP contribution is -2.47. The number of phenols is 2. The number of benzene rings is 1. The Morgan fingerprint density at radius 2 is 1.96 bits per heavy atom. The van der Waals surface area contributed by atoms with E-state index >= 15 is 0 Å². The molecule has 1 amide bonds. The largest absolute Gasteiger partial charge is 0.504 e. The van der Waals surface area contributed by atoms with Crippen LogP contribution in [0.5, 0.6) is 17.2 Å². The number of nitrogens with one attached hydrogen (secondary N) is 1. The number of amides is 1. The smallest absolute Gasteiger partial charge is 0.341 e. The number of carboxylic acids is 1. The number of aliphatic carboxylic acids is 1. The topological polar surface area (TPSA) is 133 Å². The predicted octanol–water partition coefficient (Wildman–Crippen LogP) is 1.02. The van der Waals surface area contributed by atoms with E-state index in [1.54, 1.807) is 13.0 Å². The van der Waals surface area contributed by atoms with Crippen molar-refractivity contribution >= 4 is 23.9 Å². The second-order valence-electron chi connectivity index (χ2n) is 5.21. The molecule has 0 aliphatic carbocycles. The molecule has 0 bridgehead atoms. The number of ether oxygens (including phenoxy) is 1. The standard InChI is InChI=1S/C16H15NO7/c1-3-4-8-13-10(7-9(18)14(8)22)24-15(23)16(13,2)17-11(19)5-6-12(20)21/h3-7,18,22H,1-2H3,(H,17,19)(H,20,21)/b4-3-,6-5+. The molecule has 0 radical (unpaired) electrons. The summed E-state index contributed by atoms with van der Waals surface area (Å²) in [5.41, 5.74) is -1.38. The first-order valence-corrected chi connectivity index (χ1v) is 6.88. The quantitative estimate of drug-likeness (QED) is 0.280. The number of rotatable bonds is 4.